The number of hydrogen-bond acceptors (Lipinski definition) is 3. The van der Waals surface area contributed by atoms with E-state index in [1.54, 1.807) is 6.07 Å². The summed E-state index contributed by atoms with van der Waals surface area (Å²) in [5.41, 5.74) is 6.75. The zero-order valence-corrected chi connectivity index (χ0v) is 14.3. The predicted octanol–water partition coefficient (Wildman–Crippen LogP) is 4.01. The highest BCUT2D eigenvalue weighted by Gasteiger charge is 2.37. The van der Waals surface area contributed by atoms with E-state index in [1.165, 1.54) is 6.26 Å². The van der Waals surface area contributed by atoms with Crippen LogP contribution in [0.3, 0.4) is 0 Å². The van der Waals surface area contributed by atoms with Crippen molar-refractivity contribution in [1.29, 1.82) is 0 Å². The molecular formula is C17H20Cl2N2O2. The topological polar surface area (TPSA) is 68.3 Å². The van der Waals surface area contributed by atoms with Crippen molar-refractivity contribution in [3.63, 3.8) is 0 Å². The van der Waals surface area contributed by atoms with Crippen LogP contribution in [-0.4, -0.2) is 5.91 Å². The van der Waals surface area contributed by atoms with Crippen molar-refractivity contribution in [3.05, 3.63) is 58.5 Å². The fourth-order valence-electron chi connectivity index (χ4n) is 3.15. The van der Waals surface area contributed by atoms with E-state index in [9.17, 15) is 4.79 Å². The van der Waals surface area contributed by atoms with Gasteiger partial charge < -0.3 is 15.5 Å². The zero-order valence-electron chi connectivity index (χ0n) is 12.7. The van der Waals surface area contributed by atoms with Crippen LogP contribution in [0.25, 0.3) is 0 Å². The number of nitrogens with one attached hydrogen (secondary N) is 1. The quantitative estimate of drug-likeness (QED) is 0.871. The summed E-state index contributed by atoms with van der Waals surface area (Å²) in [5.74, 6) is 0.471. The Balaban J connectivity index is 0.00000192. The van der Waals surface area contributed by atoms with Gasteiger partial charge in [-0.05, 0) is 36.6 Å². The van der Waals surface area contributed by atoms with E-state index in [0.717, 1.165) is 31.2 Å². The van der Waals surface area contributed by atoms with Crippen molar-refractivity contribution in [1.82, 2.24) is 5.32 Å². The second kappa shape index (κ2) is 7.39. The summed E-state index contributed by atoms with van der Waals surface area (Å²) in [6.07, 6.45) is 5.47. The molecular weight excluding hydrogens is 335 g/mol. The molecule has 2 aromatic rings. The SMILES string of the molecule is Cl.NCc1cc(C(=O)NC2(c3cccc(Cl)c3)CCCC2)co1. The first-order valence-corrected chi connectivity index (χ1v) is 7.87. The zero-order chi connectivity index (χ0) is 15.6. The Hall–Kier alpha value is -1.49. The molecule has 4 nitrogen and oxygen atoms in total. The van der Waals surface area contributed by atoms with Crippen LogP contribution in [-0.2, 0) is 12.1 Å². The van der Waals surface area contributed by atoms with E-state index in [4.69, 9.17) is 21.8 Å². The maximum absolute atomic E-state index is 12.5. The summed E-state index contributed by atoms with van der Waals surface area (Å²) in [4.78, 5) is 12.5. The number of furan rings is 1. The van der Waals surface area contributed by atoms with Crippen molar-refractivity contribution in [2.24, 2.45) is 5.73 Å². The maximum Gasteiger partial charge on any atom is 0.255 e. The van der Waals surface area contributed by atoms with Gasteiger partial charge in [0.1, 0.15) is 12.0 Å². The molecule has 1 aliphatic rings. The van der Waals surface area contributed by atoms with Gasteiger partial charge in [-0.3, -0.25) is 4.79 Å². The number of rotatable bonds is 4. The number of amides is 1. The molecule has 1 heterocycles. The van der Waals surface area contributed by atoms with Gasteiger partial charge in [-0.25, -0.2) is 0 Å². The smallest absolute Gasteiger partial charge is 0.255 e. The van der Waals surface area contributed by atoms with E-state index in [-0.39, 0.29) is 30.4 Å². The highest BCUT2D eigenvalue weighted by Crippen LogP contribution is 2.39. The van der Waals surface area contributed by atoms with Gasteiger partial charge in [0, 0.05) is 5.02 Å². The molecule has 0 aliphatic heterocycles. The summed E-state index contributed by atoms with van der Waals surface area (Å²) in [6.45, 7) is 0.284. The first kappa shape index (κ1) is 17.9. The summed E-state index contributed by atoms with van der Waals surface area (Å²) in [5, 5.41) is 3.88. The molecule has 1 aliphatic carbocycles. The molecule has 6 heteroatoms. The molecule has 0 radical (unpaired) electrons. The lowest BCUT2D eigenvalue weighted by atomic mass is 9.88. The van der Waals surface area contributed by atoms with Crippen molar-refractivity contribution in [3.8, 4) is 0 Å². The van der Waals surface area contributed by atoms with Crippen LogP contribution in [0.2, 0.25) is 5.02 Å². The Morgan fingerprint density at radius 3 is 2.65 bits per heavy atom. The minimum atomic E-state index is -0.345. The van der Waals surface area contributed by atoms with Gasteiger partial charge in [0.2, 0.25) is 0 Å². The molecule has 23 heavy (non-hydrogen) atoms. The number of carbonyl (C=O) groups is 1. The second-order valence-corrected chi connectivity index (χ2v) is 6.20. The summed E-state index contributed by atoms with van der Waals surface area (Å²) >= 11 is 6.12. The summed E-state index contributed by atoms with van der Waals surface area (Å²) in [7, 11) is 0. The molecule has 124 valence electrons. The normalized spacial score (nSPS) is 15.9. The van der Waals surface area contributed by atoms with E-state index in [1.807, 2.05) is 24.3 Å². The Labute approximate surface area is 146 Å². The predicted molar refractivity (Wildman–Crippen MR) is 92.9 cm³/mol. The average molecular weight is 355 g/mol. The van der Waals surface area contributed by atoms with Crippen molar-refractivity contribution in [2.45, 2.75) is 37.8 Å². The molecule has 0 atom stereocenters. The van der Waals surface area contributed by atoms with Gasteiger partial charge in [-0.1, -0.05) is 36.6 Å². The van der Waals surface area contributed by atoms with Crippen LogP contribution in [0.1, 0.15) is 47.4 Å². The largest absolute Gasteiger partial charge is 0.467 e. The Morgan fingerprint density at radius 2 is 2.04 bits per heavy atom. The highest BCUT2D eigenvalue weighted by atomic mass is 35.5. The highest BCUT2D eigenvalue weighted by molar-refractivity contribution is 6.30. The van der Waals surface area contributed by atoms with Crippen LogP contribution >= 0.6 is 24.0 Å². The van der Waals surface area contributed by atoms with Gasteiger partial charge >= 0.3 is 0 Å². The molecule has 0 unspecified atom stereocenters. The fraction of sp³-hybridized carbons (Fsp3) is 0.353. The van der Waals surface area contributed by atoms with Gasteiger partial charge in [-0.15, -0.1) is 12.4 Å². The molecule has 0 saturated heterocycles. The number of hydrogen-bond donors (Lipinski definition) is 2. The van der Waals surface area contributed by atoms with Crippen LogP contribution in [0.5, 0.6) is 0 Å². The third-order valence-corrected chi connectivity index (χ3v) is 4.54. The summed E-state index contributed by atoms with van der Waals surface area (Å²) in [6, 6.07) is 9.43. The van der Waals surface area contributed by atoms with Crippen molar-refractivity contribution >= 4 is 29.9 Å². The number of nitrogens with two attached hydrogens (primary N) is 1. The van der Waals surface area contributed by atoms with Crippen LogP contribution < -0.4 is 11.1 Å². The molecule has 1 amide bonds. The van der Waals surface area contributed by atoms with Gasteiger partial charge in [0.05, 0.1) is 17.6 Å². The lowest BCUT2D eigenvalue weighted by Gasteiger charge is -2.31. The molecule has 1 aromatic carbocycles. The molecule has 1 fully saturated rings. The second-order valence-electron chi connectivity index (χ2n) is 5.76. The lowest BCUT2D eigenvalue weighted by molar-refractivity contribution is 0.0897. The maximum atomic E-state index is 12.5. The molecule has 3 rings (SSSR count). The van der Waals surface area contributed by atoms with E-state index < -0.39 is 0 Å². The monoisotopic (exact) mass is 354 g/mol. The molecule has 1 aromatic heterocycles. The first-order valence-electron chi connectivity index (χ1n) is 7.49. The minimum Gasteiger partial charge on any atom is -0.467 e. The van der Waals surface area contributed by atoms with Gasteiger partial charge in [0.15, 0.2) is 0 Å². The third kappa shape index (κ3) is 3.71. The molecule has 3 N–H and O–H groups in total. The van der Waals surface area contributed by atoms with Gasteiger partial charge in [0.25, 0.3) is 5.91 Å². The van der Waals surface area contributed by atoms with E-state index in [0.29, 0.717) is 16.3 Å². The minimum absolute atomic E-state index is 0. The molecule has 0 bridgehead atoms. The average Bonchev–Trinajstić information content (AvgIpc) is 3.17. The molecule has 1 saturated carbocycles. The Kier molecular flexibility index (Phi) is 5.74. The molecule has 0 spiro atoms. The van der Waals surface area contributed by atoms with Gasteiger partial charge in [-0.2, -0.15) is 0 Å². The van der Waals surface area contributed by atoms with E-state index >= 15 is 0 Å². The van der Waals surface area contributed by atoms with Crippen LogP contribution in [0.15, 0.2) is 41.0 Å². The Bertz CT molecular complexity index is 679. The first-order chi connectivity index (χ1) is 10.6. The van der Waals surface area contributed by atoms with Crippen molar-refractivity contribution in [2.75, 3.05) is 0 Å². The lowest BCUT2D eigenvalue weighted by Crippen LogP contribution is -2.43. The summed E-state index contributed by atoms with van der Waals surface area (Å²) < 4.78 is 5.25. The third-order valence-electron chi connectivity index (χ3n) is 4.30. The number of halogens is 2. The standard InChI is InChI=1S/C17H19ClN2O2.ClH/c18-14-5-3-4-13(9-14)17(6-1-2-7-17)20-16(21)12-8-15(10-19)22-11-12;/h3-5,8-9,11H,1-2,6-7,10,19H2,(H,20,21);1H. The Morgan fingerprint density at radius 1 is 1.30 bits per heavy atom. The van der Waals surface area contributed by atoms with E-state index in [2.05, 4.69) is 5.32 Å². The van der Waals surface area contributed by atoms with Crippen LogP contribution in [0, 0.1) is 0 Å². The number of carbonyl (C=O) groups excluding carboxylic acids is 1. The number of benzene rings is 1. The van der Waals surface area contributed by atoms with Crippen LogP contribution in [0.4, 0.5) is 0 Å². The van der Waals surface area contributed by atoms with Crippen molar-refractivity contribution < 1.29 is 9.21 Å². The fourth-order valence-corrected chi connectivity index (χ4v) is 3.34.